The molecule has 0 aromatic carbocycles. The summed E-state index contributed by atoms with van der Waals surface area (Å²) in [5.74, 6) is 1.42. The summed E-state index contributed by atoms with van der Waals surface area (Å²) in [5, 5.41) is 11.2. The second-order valence-electron chi connectivity index (χ2n) is 6.12. The number of hydrogen-bond acceptors (Lipinski definition) is 5. The third kappa shape index (κ3) is 2.29. The van der Waals surface area contributed by atoms with Gasteiger partial charge < -0.3 is 10.3 Å². The summed E-state index contributed by atoms with van der Waals surface area (Å²) in [6.45, 7) is 2.41. The summed E-state index contributed by atoms with van der Waals surface area (Å²) in [5.41, 5.74) is 0.0827. The minimum Gasteiger partial charge on any atom is -0.352 e. The van der Waals surface area contributed by atoms with Gasteiger partial charge in [-0.25, -0.2) is 0 Å². The predicted molar refractivity (Wildman–Crippen MR) is 78.2 cm³/mol. The van der Waals surface area contributed by atoms with E-state index in [1.807, 2.05) is 0 Å². The van der Waals surface area contributed by atoms with Crippen molar-refractivity contribution in [2.45, 2.75) is 31.8 Å². The lowest BCUT2D eigenvalue weighted by Gasteiger charge is -2.15. The molecule has 2 aromatic rings. The van der Waals surface area contributed by atoms with Crippen molar-refractivity contribution in [2.24, 2.45) is 5.92 Å². The average molecular weight is 302 g/mol. The highest BCUT2D eigenvalue weighted by Gasteiger charge is 2.35. The summed E-state index contributed by atoms with van der Waals surface area (Å²) in [4.78, 5) is 28.2. The maximum atomic E-state index is 11.7. The van der Waals surface area contributed by atoms with E-state index in [9.17, 15) is 9.59 Å². The summed E-state index contributed by atoms with van der Waals surface area (Å²) in [7, 11) is 0. The van der Waals surface area contributed by atoms with Gasteiger partial charge in [0.15, 0.2) is 5.82 Å². The Morgan fingerprint density at radius 1 is 1.27 bits per heavy atom. The van der Waals surface area contributed by atoms with E-state index in [1.54, 1.807) is 16.8 Å². The monoisotopic (exact) mass is 302 g/mol. The molecule has 116 valence electrons. The maximum absolute atomic E-state index is 11.7. The molecule has 2 fully saturated rings. The Morgan fingerprint density at radius 3 is 3.09 bits per heavy atom. The number of aromatic amines is 1. The summed E-state index contributed by atoms with van der Waals surface area (Å²) in [6.07, 6.45) is 6.05. The van der Waals surface area contributed by atoms with Crippen molar-refractivity contribution in [3.05, 3.63) is 28.6 Å². The van der Waals surface area contributed by atoms with Crippen LogP contribution in [0.15, 0.2) is 17.2 Å². The Kier molecular flexibility index (Phi) is 3.18. The predicted octanol–water partition coefficient (Wildman–Crippen LogP) is -0.482. The van der Waals surface area contributed by atoms with E-state index in [0.29, 0.717) is 24.5 Å². The van der Waals surface area contributed by atoms with Crippen LogP contribution in [0.25, 0.3) is 5.65 Å². The number of rotatable bonds is 2. The number of nitrogens with one attached hydrogen (secondary N) is 2. The molecule has 0 spiro atoms. The fourth-order valence-corrected chi connectivity index (χ4v) is 3.54. The fraction of sp³-hybridized carbons (Fsp3) is 0.571. The highest BCUT2D eigenvalue weighted by molar-refractivity contribution is 5.76. The molecule has 0 aliphatic carbocycles. The van der Waals surface area contributed by atoms with Crippen molar-refractivity contribution in [1.82, 2.24) is 29.8 Å². The van der Waals surface area contributed by atoms with Gasteiger partial charge in [-0.1, -0.05) is 0 Å². The zero-order chi connectivity index (χ0) is 15.1. The molecule has 2 saturated heterocycles. The number of nitrogens with zero attached hydrogens (tertiary/aromatic N) is 4. The van der Waals surface area contributed by atoms with Crippen LogP contribution in [0.3, 0.4) is 0 Å². The number of likely N-dealkylation sites (tertiary alicyclic amines) is 1. The smallest absolute Gasteiger partial charge is 0.293 e. The van der Waals surface area contributed by atoms with Crippen LogP contribution in [0.1, 0.15) is 25.1 Å². The van der Waals surface area contributed by atoms with Gasteiger partial charge in [0.2, 0.25) is 11.6 Å². The quantitative estimate of drug-likeness (QED) is 0.781. The number of amides is 1. The lowest BCUT2D eigenvalue weighted by Crippen LogP contribution is -2.38. The molecular formula is C14H18N6O2. The zero-order valence-electron chi connectivity index (χ0n) is 12.2. The maximum Gasteiger partial charge on any atom is 0.293 e. The molecule has 2 aliphatic heterocycles. The van der Waals surface area contributed by atoms with E-state index in [1.165, 1.54) is 0 Å². The first kappa shape index (κ1) is 13.4. The second-order valence-corrected chi connectivity index (χ2v) is 6.12. The molecule has 8 nitrogen and oxygen atoms in total. The van der Waals surface area contributed by atoms with E-state index in [4.69, 9.17) is 0 Å². The first-order valence-electron chi connectivity index (χ1n) is 7.64. The van der Waals surface area contributed by atoms with Gasteiger partial charge in [0, 0.05) is 37.9 Å². The first-order chi connectivity index (χ1) is 10.7. The van der Waals surface area contributed by atoms with Crippen molar-refractivity contribution < 1.29 is 4.79 Å². The van der Waals surface area contributed by atoms with Crippen LogP contribution in [0.2, 0.25) is 0 Å². The molecular weight excluding hydrogens is 284 g/mol. The van der Waals surface area contributed by atoms with Crippen molar-refractivity contribution in [3.8, 4) is 0 Å². The van der Waals surface area contributed by atoms with Crippen LogP contribution in [0, 0.1) is 5.92 Å². The highest BCUT2D eigenvalue weighted by atomic mass is 16.1. The molecule has 2 unspecified atom stereocenters. The molecule has 4 rings (SSSR count). The van der Waals surface area contributed by atoms with Gasteiger partial charge in [-0.15, -0.1) is 10.2 Å². The van der Waals surface area contributed by atoms with E-state index >= 15 is 0 Å². The molecule has 22 heavy (non-hydrogen) atoms. The molecule has 2 aromatic heterocycles. The largest absolute Gasteiger partial charge is 0.352 e. The van der Waals surface area contributed by atoms with E-state index < -0.39 is 0 Å². The van der Waals surface area contributed by atoms with Crippen LogP contribution in [-0.4, -0.2) is 49.5 Å². The number of carbonyl (C=O) groups excluding carboxylic acids is 1. The number of fused-ring (bicyclic) bond motifs is 2. The van der Waals surface area contributed by atoms with Crippen LogP contribution in [0.4, 0.5) is 0 Å². The van der Waals surface area contributed by atoms with Crippen LogP contribution < -0.4 is 10.9 Å². The van der Waals surface area contributed by atoms with E-state index in [0.717, 1.165) is 31.8 Å². The van der Waals surface area contributed by atoms with E-state index in [-0.39, 0.29) is 17.5 Å². The van der Waals surface area contributed by atoms with Gasteiger partial charge >= 0.3 is 0 Å². The normalized spacial score (nSPS) is 25.9. The Labute approximate surface area is 126 Å². The molecule has 0 saturated carbocycles. The lowest BCUT2D eigenvalue weighted by molar-refractivity contribution is -0.121. The summed E-state index contributed by atoms with van der Waals surface area (Å²) < 4.78 is 1.73. The minimum absolute atomic E-state index is 0.161. The standard InChI is InChI=1S/C14H18N6O2/c21-12-3-1-2-9-6-19(7-10(9)16-12)8-11-17-18-13-14(22)15-4-5-20(11)13/h4-5,9-10H,1-3,6-8H2,(H,15,22)(H,16,21). The van der Waals surface area contributed by atoms with Gasteiger partial charge in [-0.2, -0.15) is 0 Å². The Bertz CT molecular complexity index is 766. The van der Waals surface area contributed by atoms with Gasteiger partial charge in [0.05, 0.1) is 6.54 Å². The lowest BCUT2D eigenvalue weighted by atomic mass is 9.99. The molecule has 0 bridgehead atoms. The molecule has 4 heterocycles. The molecule has 2 aliphatic rings. The Hall–Kier alpha value is -2.22. The average Bonchev–Trinajstić information content (AvgIpc) is 3.01. The number of hydrogen-bond donors (Lipinski definition) is 2. The molecule has 0 radical (unpaired) electrons. The molecule has 1 amide bonds. The van der Waals surface area contributed by atoms with Crippen LogP contribution >= 0.6 is 0 Å². The van der Waals surface area contributed by atoms with Crippen molar-refractivity contribution in [3.63, 3.8) is 0 Å². The number of aromatic nitrogens is 4. The SMILES string of the molecule is O=C1CCCC2CN(Cc3nnc4c(=O)[nH]ccn34)CC2N1. The second kappa shape index (κ2) is 5.20. The summed E-state index contributed by atoms with van der Waals surface area (Å²) >= 11 is 0. The Morgan fingerprint density at radius 2 is 2.18 bits per heavy atom. The van der Waals surface area contributed by atoms with Crippen LogP contribution in [-0.2, 0) is 11.3 Å². The number of H-pyrrole nitrogens is 1. The fourth-order valence-electron chi connectivity index (χ4n) is 3.54. The van der Waals surface area contributed by atoms with Gasteiger partial charge in [0.1, 0.15) is 0 Å². The third-order valence-corrected chi connectivity index (χ3v) is 4.61. The molecule has 2 N–H and O–H groups in total. The topological polar surface area (TPSA) is 95.4 Å². The van der Waals surface area contributed by atoms with Crippen molar-refractivity contribution in [2.75, 3.05) is 13.1 Å². The van der Waals surface area contributed by atoms with E-state index in [2.05, 4.69) is 25.4 Å². The van der Waals surface area contributed by atoms with Gasteiger partial charge in [-0.3, -0.25) is 18.9 Å². The zero-order valence-corrected chi connectivity index (χ0v) is 12.2. The minimum atomic E-state index is -0.236. The van der Waals surface area contributed by atoms with Crippen molar-refractivity contribution >= 4 is 11.6 Å². The highest BCUT2D eigenvalue weighted by Crippen LogP contribution is 2.26. The molecule has 2 atom stereocenters. The molecule has 8 heteroatoms. The van der Waals surface area contributed by atoms with Gasteiger partial charge in [0.25, 0.3) is 5.56 Å². The first-order valence-corrected chi connectivity index (χ1v) is 7.64. The number of carbonyl (C=O) groups is 1. The van der Waals surface area contributed by atoms with Crippen LogP contribution in [0.5, 0.6) is 0 Å². The summed E-state index contributed by atoms with van der Waals surface area (Å²) in [6, 6.07) is 0.234. The van der Waals surface area contributed by atoms with Crippen molar-refractivity contribution in [1.29, 1.82) is 0 Å². The Balaban J connectivity index is 1.53. The van der Waals surface area contributed by atoms with Gasteiger partial charge in [-0.05, 0) is 18.8 Å². The third-order valence-electron chi connectivity index (χ3n) is 4.61.